The van der Waals surface area contributed by atoms with Crippen molar-refractivity contribution in [3.8, 4) is 0 Å². The third kappa shape index (κ3) is 2.61. The van der Waals surface area contributed by atoms with Gasteiger partial charge in [-0.1, -0.05) is 20.3 Å². The van der Waals surface area contributed by atoms with Crippen LogP contribution in [0.4, 0.5) is 4.39 Å². The van der Waals surface area contributed by atoms with E-state index in [1.807, 2.05) is 0 Å². The van der Waals surface area contributed by atoms with Gasteiger partial charge in [-0.15, -0.1) is 11.6 Å². The molecule has 1 unspecified atom stereocenters. The molecule has 1 atom stereocenters. The van der Waals surface area contributed by atoms with Gasteiger partial charge in [-0.25, -0.2) is 9.37 Å². The summed E-state index contributed by atoms with van der Waals surface area (Å²) in [5.41, 5.74) is 1.93. The molecule has 1 heterocycles. The molecular weight excluding hydrogens is 355 g/mol. The van der Waals surface area contributed by atoms with Crippen molar-refractivity contribution < 1.29 is 4.39 Å². The number of hydrogen-bond donors (Lipinski definition) is 0. The second-order valence-corrected chi connectivity index (χ2v) is 7.72. The Labute approximate surface area is 137 Å². The number of rotatable bonds is 3. The maximum atomic E-state index is 14.0. The lowest BCUT2D eigenvalue weighted by Gasteiger charge is -2.30. The highest BCUT2D eigenvalue weighted by atomic mass is 79.9. The molecule has 1 saturated carbocycles. The van der Waals surface area contributed by atoms with Gasteiger partial charge in [-0.2, -0.15) is 0 Å². The first-order valence-corrected chi connectivity index (χ1v) is 8.68. The van der Waals surface area contributed by atoms with Crippen molar-refractivity contribution in [1.82, 2.24) is 9.55 Å². The van der Waals surface area contributed by atoms with Gasteiger partial charge in [-0.05, 0) is 40.3 Å². The van der Waals surface area contributed by atoms with E-state index in [1.165, 1.54) is 12.8 Å². The molecule has 2 aromatic rings. The van der Waals surface area contributed by atoms with Crippen LogP contribution in [0.25, 0.3) is 11.0 Å². The van der Waals surface area contributed by atoms with Gasteiger partial charge in [0.2, 0.25) is 0 Å². The van der Waals surface area contributed by atoms with Crippen molar-refractivity contribution in [2.75, 3.05) is 5.88 Å². The third-order valence-electron chi connectivity index (χ3n) is 4.64. The SMILES string of the molecule is CC1(C)CCCC1n1c(CCCl)nc2cc(Br)c(F)cc21. The van der Waals surface area contributed by atoms with Crippen molar-refractivity contribution in [2.24, 2.45) is 5.41 Å². The van der Waals surface area contributed by atoms with E-state index >= 15 is 0 Å². The molecular formula is C16H19BrClFN2. The van der Waals surface area contributed by atoms with Crippen LogP contribution in [0.15, 0.2) is 16.6 Å². The molecule has 1 aromatic heterocycles. The molecule has 0 aliphatic heterocycles. The topological polar surface area (TPSA) is 17.8 Å². The van der Waals surface area contributed by atoms with Crippen LogP contribution in [0.2, 0.25) is 0 Å². The fourth-order valence-electron chi connectivity index (χ4n) is 3.54. The Kier molecular flexibility index (Phi) is 4.04. The Hall–Kier alpha value is -0.610. The zero-order chi connectivity index (χ0) is 15.2. The summed E-state index contributed by atoms with van der Waals surface area (Å²) in [6.07, 6.45) is 4.22. The highest BCUT2D eigenvalue weighted by Gasteiger charge is 2.37. The monoisotopic (exact) mass is 372 g/mol. The predicted molar refractivity (Wildman–Crippen MR) is 88.5 cm³/mol. The Morgan fingerprint density at radius 3 is 2.86 bits per heavy atom. The number of aromatic nitrogens is 2. The van der Waals surface area contributed by atoms with Gasteiger partial charge in [-0.3, -0.25) is 0 Å². The number of nitrogens with zero attached hydrogens (tertiary/aromatic N) is 2. The summed E-state index contributed by atoms with van der Waals surface area (Å²) in [6.45, 7) is 4.58. The Morgan fingerprint density at radius 1 is 1.48 bits per heavy atom. The van der Waals surface area contributed by atoms with E-state index in [4.69, 9.17) is 16.6 Å². The number of fused-ring (bicyclic) bond motifs is 1. The Balaban J connectivity index is 2.23. The van der Waals surface area contributed by atoms with Crippen LogP contribution in [-0.2, 0) is 6.42 Å². The molecule has 1 fully saturated rings. The van der Waals surface area contributed by atoms with Gasteiger partial charge in [0.05, 0.1) is 15.5 Å². The second-order valence-electron chi connectivity index (χ2n) is 6.49. The minimum absolute atomic E-state index is 0.207. The maximum Gasteiger partial charge on any atom is 0.139 e. The van der Waals surface area contributed by atoms with E-state index in [-0.39, 0.29) is 11.2 Å². The Morgan fingerprint density at radius 2 is 2.24 bits per heavy atom. The summed E-state index contributed by atoms with van der Waals surface area (Å²) in [4.78, 5) is 4.70. The van der Waals surface area contributed by atoms with Crippen molar-refractivity contribution in [2.45, 2.75) is 45.6 Å². The molecule has 21 heavy (non-hydrogen) atoms. The fourth-order valence-corrected chi connectivity index (χ4v) is 4.04. The largest absolute Gasteiger partial charge is 0.324 e. The highest BCUT2D eigenvalue weighted by Crippen LogP contribution is 2.47. The van der Waals surface area contributed by atoms with Gasteiger partial charge < -0.3 is 4.57 Å². The van der Waals surface area contributed by atoms with Crippen molar-refractivity contribution in [3.05, 3.63) is 28.2 Å². The predicted octanol–water partition coefficient (Wildman–Crippen LogP) is 5.47. The smallest absolute Gasteiger partial charge is 0.139 e. The summed E-state index contributed by atoms with van der Waals surface area (Å²) in [5, 5.41) is 0. The van der Waals surface area contributed by atoms with Gasteiger partial charge in [0.15, 0.2) is 0 Å². The molecule has 2 nitrogen and oxygen atoms in total. The lowest BCUT2D eigenvalue weighted by atomic mass is 9.87. The van der Waals surface area contributed by atoms with Crippen LogP contribution < -0.4 is 0 Å². The van der Waals surface area contributed by atoms with E-state index in [1.54, 1.807) is 12.1 Å². The molecule has 5 heteroatoms. The first-order valence-electron chi connectivity index (χ1n) is 7.36. The quantitative estimate of drug-likeness (QED) is 0.652. The normalized spacial score (nSPS) is 21.3. The van der Waals surface area contributed by atoms with Crippen molar-refractivity contribution >= 4 is 38.6 Å². The van der Waals surface area contributed by atoms with Crippen LogP contribution in [0.5, 0.6) is 0 Å². The molecule has 3 rings (SSSR count). The summed E-state index contributed by atoms with van der Waals surface area (Å²) in [5.74, 6) is 1.26. The van der Waals surface area contributed by atoms with Crippen LogP contribution in [0.3, 0.4) is 0 Å². The summed E-state index contributed by atoms with van der Waals surface area (Å²) in [7, 11) is 0. The van der Waals surface area contributed by atoms with Crippen molar-refractivity contribution in [1.29, 1.82) is 0 Å². The molecule has 0 spiro atoms. The molecule has 0 bridgehead atoms. The molecule has 0 amide bonds. The second kappa shape index (κ2) is 5.54. The first kappa shape index (κ1) is 15.3. The van der Waals surface area contributed by atoms with Crippen LogP contribution >= 0.6 is 27.5 Å². The van der Waals surface area contributed by atoms with Gasteiger partial charge in [0, 0.05) is 24.4 Å². The van der Waals surface area contributed by atoms with E-state index in [9.17, 15) is 4.39 Å². The summed E-state index contributed by atoms with van der Waals surface area (Å²) < 4.78 is 16.7. The molecule has 0 radical (unpaired) electrons. The molecule has 1 aliphatic carbocycles. The number of benzene rings is 1. The highest BCUT2D eigenvalue weighted by molar-refractivity contribution is 9.10. The van der Waals surface area contributed by atoms with Gasteiger partial charge >= 0.3 is 0 Å². The number of imidazole rings is 1. The van der Waals surface area contributed by atoms with E-state index < -0.39 is 0 Å². The number of hydrogen-bond acceptors (Lipinski definition) is 1. The average Bonchev–Trinajstić information content (AvgIpc) is 2.90. The van der Waals surface area contributed by atoms with Crippen molar-refractivity contribution in [3.63, 3.8) is 0 Å². The molecule has 0 N–H and O–H groups in total. The summed E-state index contributed by atoms with van der Waals surface area (Å²) in [6, 6.07) is 3.72. The molecule has 0 saturated heterocycles. The fraction of sp³-hybridized carbons (Fsp3) is 0.562. The Bertz CT molecular complexity index is 680. The number of halogens is 3. The maximum absolute atomic E-state index is 14.0. The van der Waals surface area contributed by atoms with Crippen LogP contribution in [-0.4, -0.2) is 15.4 Å². The van der Waals surface area contributed by atoms with E-state index in [2.05, 4.69) is 34.3 Å². The lowest BCUT2D eigenvalue weighted by Crippen LogP contribution is -2.23. The zero-order valence-electron chi connectivity index (χ0n) is 12.3. The van der Waals surface area contributed by atoms with Gasteiger partial charge in [0.25, 0.3) is 0 Å². The first-order chi connectivity index (χ1) is 9.94. The lowest BCUT2D eigenvalue weighted by molar-refractivity contribution is 0.261. The molecule has 114 valence electrons. The minimum atomic E-state index is -0.239. The number of alkyl halides is 1. The third-order valence-corrected chi connectivity index (χ3v) is 5.43. The number of aryl methyl sites for hydroxylation is 1. The summed E-state index contributed by atoms with van der Waals surface area (Å²) >= 11 is 9.18. The van der Waals surface area contributed by atoms with E-state index in [0.717, 1.165) is 23.3 Å². The minimum Gasteiger partial charge on any atom is -0.324 e. The average molecular weight is 374 g/mol. The van der Waals surface area contributed by atoms with Gasteiger partial charge in [0.1, 0.15) is 11.6 Å². The van der Waals surface area contributed by atoms with Crippen LogP contribution in [0.1, 0.15) is 45.0 Å². The van der Waals surface area contributed by atoms with Crippen LogP contribution in [0, 0.1) is 11.2 Å². The standard InChI is InChI=1S/C16H19BrClFN2/c1-16(2)6-3-4-14(16)21-13-9-11(19)10(17)8-12(13)20-15(21)5-7-18/h8-9,14H,3-7H2,1-2H3. The van der Waals surface area contributed by atoms with E-state index in [0.29, 0.717) is 22.8 Å². The zero-order valence-corrected chi connectivity index (χ0v) is 14.6. The molecule has 1 aromatic carbocycles. The molecule has 1 aliphatic rings.